The molecule has 2 aliphatic heterocycles. The van der Waals surface area contributed by atoms with E-state index in [1.54, 1.807) is 0 Å². The lowest BCUT2D eigenvalue weighted by Gasteiger charge is -2.46. The molecule has 2 aliphatic rings. The van der Waals surface area contributed by atoms with Crippen LogP contribution < -0.4 is 5.32 Å². The van der Waals surface area contributed by atoms with E-state index in [1.165, 1.54) is 205 Å². The van der Waals surface area contributed by atoms with E-state index in [4.69, 9.17) is 18.9 Å². The average Bonchev–Trinajstić information content (AvgIpc) is 1.56. The van der Waals surface area contributed by atoms with E-state index >= 15 is 0 Å². The lowest BCUT2D eigenvalue weighted by atomic mass is 9.97. The van der Waals surface area contributed by atoms with E-state index in [2.05, 4.69) is 67.8 Å². The molecule has 0 aromatic rings. The predicted octanol–water partition coefficient (Wildman–Crippen LogP) is 15.1. The summed E-state index contributed by atoms with van der Waals surface area (Å²) in [5.41, 5.74) is 0. The minimum Gasteiger partial charge on any atom is -0.394 e. The maximum Gasteiger partial charge on any atom is 0.220 e. The van der Waals surface area contributed by atoms with Gasteiger partial charge in [-0.05, 0) is 51.4 Å². The number of unbranched alkanes of at least 4 members (excludes halogenated alkanes) is 39. The molecule has 12 atom stereocenters. The van der Waals surface area contributed by atoms with Gasteiger partial charge in [-0.1, -0.05) is 306 Å². The summed E-state index contributed by atoms with van der Waals surface area (Å²) in [7, 11) is 0. The number of ether oxygens (including phenoxy) is 4. The van der Waals surface area contributed by atoms with Crippen molar-refractivity contribution in [1.82, 2.24) is 5.32 Å². The molecule has 0 aromatic carbocycles. The number of carbonyl (C=O) groups excluding carboxylic acids is 1. The molecule has 2 rings (SSSR count). The average molecular weight is 1230 g/mol. The van der Waals surface area contributed by atoms with Gasteiger partial charge in [-0.25, -0.2) is 0 Å². The topological polar surface area (TPSA) is 228 Å². The fraction of sp³-hybridized carbons (Fsp3) is 0.877. The van der Waals surface area contributed by atoms with Crippen LogP contribution in [0.4, 0.5) is 0 Å². The van der Waals surface area contributed by atoms with Crippen LogP contribution in [0.2, 0.25) is 0 Å². The van der Waals surface area contributed by atoms with Crippen LogP contribution >= 0.6 is 0 Å². The number of aliphatic hydroxyl groups is 8. The largest absolute Gasteiger partial charge is 0.394 e. The van der Waals surface area contributed by atoms with Gasteiger partial charge in [0, 0.05) is 6.42 Å². The summed E-state index contributed by atoms with van der Waals surface area (Å²) in [5.74, 6) is -0.212. The summed E-state index contributed by atoms with van der Waals surface area (Å²) in [4.78, 5) is 13.3. The van der Waals surface area contributed by atoms with Crippen molar-refractivity contribution in [2.24, 2.45) is 0 Å². The van der Waals surface area contributed by atoms with E-state index in [1.807, 2.05) is 0 Å². The number of hydrogen-bond acceptors (Lipinski definition) is 13. The van der Waals surface area contributed by atoms with E-state index in [-0.39, 0.29) is 12.5 Å². The summed E-state index contributed by atoms with van der Waals surface area (Å²) >= 11 is 0. The zero-order chi connectivity index (χ0) is 63.1. The molecule has 12 unspecified atom stereocenters. The molecule has 0 bridgehead atoms. The zero-order valence-corrected chi connectivity index (χ0v) is 55.5. The molecule has 0 aliphatic carbocycles. The third-order valence-electron chi connectivity index (χ3n) is 17.8. The Morgan fingerprint density at radius 1 is 0.425 bits per heavy atom. The van der Waals surface area contributed by atoms with E-state index in [9.17, 15) is 45.6 Å². The van der Waals surface area contributed by atoms with Gasteiger partial charge >= 0.3 is 0 Å². The molecule has 87 heavy (non-hydrogen) atoms. The third kappa shape index (κ3) is 41.9. The van der Waals surface area contributed by atoms with Crippen LogP contribution in [-0.4, -0.2) is 140 Å². The fourth-order valence-electron chi connectivity index (χ4n) is 12.1. The summed E-state index contributed by atoms with van der Waals surface area (Å²) in [6, 6.07) is -0.837. The van der Waals surface area contributed by atoms with Gasteiger partial charge in [0.15, 0.2) is 12.6 Å². The molecular formula is C73H135NO13. The molecule has 1 amide bonds. The molecule has 0 spiro atoms. The Bertz CT molecular complexity index is 1640. The third-order valence-corrected chi connectivity index (χ3v) is 17.8. The minimum absolute atomic E-state index is 0.212. The smallest absolute Gasteiger partial charge is 0.220 e. The highest BCUT2D eigenvalue weighted by atomic mass is 16.7. The molecule has 0 radical (unpaired) electrons. The Morgan fingerprint density at radius 2 is 0.793 bits per heavy atom. The lowest BCUT2D eigenvalue weighted by Crippen LogP contribution is -2.65. The Morgan fingerprint density at radius 3 is 1.22 bits per heavy atom. The van der Waals surface area contributed by atoms with Crippen molar-refractivity contribution in [1.29, 1.82) is 0 Å². The van der Waals surface area contributed by atoms with Crippen molar-refractivity contribution in [3.63, 3.8) is 0 Å². The molecule has 2 saturated heterocycles. The second kappa shape index (κ2) is 57.8. The van der Waals surface area contributed by atoms with Gasteiger partial charge in [0.2, 0.25) is 5.91 Å². The SMILES string of the molecule is CC/C=C\C/C=C\C/C=C\C/C=C\CCCCCCCCCCC(=O)NC(COC1OC(CO)C(OC2OC(CO)C(O)C(O)C2O)C(O)C1O)C(O)CCCCCCCCCCCCCCCCCCCCCCCCCCCCCCCCCC. The predicted molar refractivity (Wildman–Crippen MR) is 355 cm³/mol. The maximum absolute atomic E-state index is 13.3. The van der Waals surface area contributed by atoms with E-state index in [0.717, 1.165) is 77.0 Å². The number of rotatable bonds is 60. The summed E-state index contributed by atoms with van der Waals surface area (Å²) < 4.78 is 22.9. The standard InChI is InChI=1S/C73H135NO13/c1-3-5-7-9-11-13-15-17-19-21-23-25-26-27-28-29-30-31-32-33-34-35-37-38-40-42-44-46-48-50-52-54-56-62(77)61(60-84-72-70(83)68(81)71(64(59-76)86-72)87-73-69(82)67(80)66(79)63(58-75)85-73)74-65(78)57-55-53-51-49-47-45-43-41-39-36-24-22-20-18-16-14-12-10-8-6-4-2/h6,8,12,14,18,20,24,36,61-64,66-73,75-77,79-83H,3-5,7,9-11,13,15-17,19,21-23,25-35,37-60H2,1-2H3,(H,74,78)/b8-6-,14-12-,20-18-,36-24-. The van der Waals surface area contributed by atoms with Gasteiger partial charge in [0.05, 0.1) is 32.0 Å². The molecule has 14 heteroatoms. The Balaban J connectivity index is 1.64. The molecule has 9 N–H and O–H groups in total. The number of allylic oxidation sites excluding steroid dienone is 8. The molecular weight excluding hydrogens is 1100 g/mol. The second-order valence-electron chi connectivity index (χ2n) is 25.7. The quantitative estimate of drug-likeness (QED) is 0.0204. The van der Waals surface area contributed by atoms with Crippen molar-refractivity contribution in [2.75, 3.05) is 19.8 Å². The van der Waals surface area contributed by atoms with E-state index < -0.39 is 86.8 Å². The van der Waals surface area contributed by atoms with Gasteiger partial charge in [0.25, 0.3) is 0 Å². The van der Waals surface area contributed by atoms with Crippen LogP contribution in [0.15, 0.2) is 48.6 Å². The number of carbonyl (C=O) groups is 1. The second-order valence-corrected chi connectivity index (χ2v) is 25.7. The first-order valence-electron chi connectivity index (χ1n) is 36.4. The van der Waals surface area contributed by atoms with Gasteiger partial charge in [-0.2, -0.15) is 0 Å². The highest BCUT2D eigenvalue weighted by molar-refractivity contribution is 5.76. The highest BCUT2D eigenvalue weighted by Gasteiger charge is 2.51. The van der Waals surface area contributed by atoms with Crippen LogP contribution in [0.1, 0.15) is 316 Å². The van der Waals surface area contributed by atoms with E-state index in [0.29, 0.717) is 19.3 Å². The van der Waals surface area contributed by atoms with Gasteiger partial charge in [-0.15, -0.1) is 0 Å². The molecule has 2 heterocycles. The Labute approximate surface area is 531 Å². The van der Waals surface area contributed by atoms with Crippen LogP contribution in [0.3, 0.4) is 0 Å². The van der Waals surface area contributed by atoms with Crippen LogP contribution in [0.25, 0.3) is 0 Å². The normalized spacial score (nSPS) is 23.5. The Hall–Kier alpha value is -2.05. The first-order chi connectivity index (χ1) is 42.6. The van der Waals surface area contributed by atoms with Crippen LogP contribution in [0.5, 0.6) is 0 Å². The monoisotopic (exact) mass is 1230 g/mol. The zero-order valence-electron chi connectivity index (χ0n) is 55.5. The number of nitrogens with one attached hydrogen (secondary N) is 1. The van der Waals surface area contributed by atoms with Crippen molar-refractivity contribution in [2.45, 2.75) is 389 Å². The number of amides is 1. The van der Waals surface area contributed by atoms with Crippen molar-refractivity contribution in [3.8, 4) is 0 Å². The van der Waals surface area contributed by atoms with Crippen molar-refractivity contribution >= 4 is 5.91 Å². The highest BCUT2D eigenvalue weighted by Crippen LogP contribution is 2.30. The van der Waals surface area contributed by atoms with Gasteiger partial charge in [0.1, 0.15) is 48.8 Å². The summed E-state index contributed by atoms with van der Waals surface area (Å²) in [6.07, 6.45) is 58.5. The number of aliphatic hydroxyl groups excluding tert-OH is 8. The Kier molecular flexibility index (Phi) is 53.9. The molecule has 0 saturated carbocycles. The van der Waals surface area contributed by atoms with Crippen molar-refractivity contribution in [3.05, 3.63) is 48.6 Å². The van der Waals surface area contributed by atoms with Crippen molar-refractivity contribution < 1.29 is 64.6 Å². The van der Waals surface area contributed by atoms with Crippen LogP contribution in [-0.2, 0) is 23.7 Å². The minimum atomic E-state index is -1.79. The number of hydrogen-bond donors (Lipinski definition) is 9. The van der Waals surface area contributed by atoms with Gasteiger partial charge in [-0.3, -0.25) is 4.79 Å². The molecule has 2 fully saturated rings. The fourth-order valence-corrected chi connectivity index (χ4v) is 12.1. The molecule has 14 nitrogen and oxygen atoms in total. The first-order valence-corrected chi connectivity index (χ1v) is 36.4. The molecule has 0 aromatic heterocycles. The summed E-state index contributed by atoms with van der Waals surface area (Å²) in [5, 5.41) is 87.7. The summed E-state index contributed by atoms with van der Waals surface area (Å²) in [6.45, 7) is 2.78. The van der Waals surface area contributed by atoms with Gasteiger partial charge < -0.3 is 65.1 Å². The molecule has 510 valence electrons. The first kappa shape index (κ1) is 81.0. The lowest BCUT2D eigenvalue weighted by molar-refractivity contribution is -0.359. The maximum atomic E-state index is 13.3. The van der Waals surface area contributed by atoms with Crippen LogP contribution in [0, 0.1) is 0 Å².